The third kappa shape index (κ3) is 6.03. The molecule has 1 heterocycles. The van der Waals surface area contributed by atoms with Crippen molar-refractivity contribution in [1.82, 2.24) is 14.9 Å². The Kier molecular flexibility index (Phi) is 8.55. The molecule has 1 N–H and O–H groups in total. The van der Waals surface area contributed by atoms with Crippen LogP contribution in [0.25, 0.3) is 16.6 Å². The molecule has 0 radical (unpaired) electrons. The molecule has 3 rings (SSSR count). The first-order valence-corrected chi connectivity index (χ1v) is 11.6. The van der Waals surface area contributed by atoms with Gasteiger partial charge in [-0.1, -0.05) is 35.5 Å². The minimum atomic E-state index is -0.231. The lowest BCUT2D eigenvalue weighted by Gasteiger charge is -2.14. The maximum absolute atomic E-state index is 13.3. The SMILES string of the molecule is COc1ccc(-n2c(SCC(=O)NCCCOC(C)C)nc3ccccc3c2=O)cc1Cl. The molecule has 0 unspecified atom stereocenters. The highest BCUT2D eigenvalue weighted by atomic mass is 35.5. The van der Waals surface area contributed by atoms with Crippen molar-refractivity contribution >= 4 is 40.2 Å². The number of aromatic nitrogens is 2. The number of nitrogens with zero attached hydrogens (tertiary/aromatic N) is 2. The summed E-state index contributed by atoms with van der Waals surface area (Å²) in [5.41, 5.74) is 0.889. The first kappa shape index (κ1) is 24.1. The van der Waals surface area contributed by atoms with Crippen LogP contribution in [0.3, 0.4) is 0 Å². The molecule has 0 spiro atoms. The van der Waals surface area contributed by atoms with Crippen molar-refractivity contribution in [1.29, 1.82) is 0 Å². The third-order valence-electron chi connectivity index (χ3n) is 4.57. The van der Waals surface area contributed by atoms with E-state index >= 15 is 0 Å². The van der Waals surface area contributed by atoms with Crippen LogP contribution in [-0.2, 0) is 9.53 Å². The van der Waals surface area contributed by atoms with E-state index in [0.717, 1.165) is 6.42 Å². The highest BCUT2D eigenvalue weighted by Crippen LogP contribution is 2.28. The van der Waals surface area contributed by atoms with E-state index in [9.17, 15) is 9.59 Å². The largest absolute Gasteiger partial charge is 0.495 e. The van der Waals surface area contributed by atoms with Gasteiger partial charge in [0.05, 0.1) is 40.6 Å². The van der Waals surface area contributed by atoms with Crippen molar-refractivity contribution in [3.8, 4) is 11.4 Å². The van der Waals surface area contributed by atoms with Crippen LogP contribution in [0.2, 0.25) is 5.02 Å². The number of nitrogens with one attached hydrogen (secondary N) is 1. The Morgan fingerprint density at radius 2 is 2.03 bits per heavy atom. The van der Waals surface area contributed by atoms with Crippen LogP contribution in [0.1, 0.15) is 20.3 Å². The minimum absolute atomic E-state index is 0.125. The molecule has 2 aromatic carbocycles. The maximum atomic E-state index is 13.3. The van der Waals surface area contributed by atoms with Crippen molar-refractivity contribution in [2.45, 2.75) is 31.5 Å². The summed E-state index contributed by atoms with van der Waals surface area (Å²) in [6.45, 7) is 5.07. The first-order valence-electron chi connectivity index (χ1n) is 10.3. The molecule has 170 valence electrons. The molecule has 0 aliphatic heterocycles. The van der Waals surface area contributed by atoms with Gasteiger partial charge in [-0.05, 0) is 50.6 Å². The average Bonchev–Trinajstić information content (AvgIpc) is 2.77. The van der Waals surface area contributed by atoms with Gasteiger partial charge < -0.3 is 14.8 Å². The first-order chi connectivity index (χ1) is 15.4. The Bertz CT molecular complexity index is 1150. The second-order valence-corrected chi connectivity index (χ2v) is 8.63. The molecule has 0 fully saturated rings. The number of hydrogen-bond acceptors (Lipinski definition) is 6. The van der Waals surface area contributed by atoms with Crippen molar-refractivity contribution in [3.63, 3.8) is 0 Å². The Morgan fingerprint density at radius 3 is 2.75 bits per heavy atom. The predicted molar refractivity (Wildman–Crippen MR) is 128 cm³/mol. The van der Waals surface area contributed by atoms with Gasteiger partial charge in [0, 0.05) is 13.2 Å². The number of fused-ring (bicyclic) bond motifs is 1. The molecule has 1 aromatic heterocycles. The lowest BCUT2D eigenvalue weighted by Crippen LogP contribution is -2.28. The fourth-order valence-corrected chi connectivity index (χ4v) is 4.13. The number of halogens is 1. The number of ether oxygens (including phenoxy) is 2. The normalized spacial score (nSPS) is 11.2. The van der Waals surface area contributed by atoms with Gasteiger partial charge in [-0.2, -0.15) is 0 Å². The highest BCUT2D eigenvalue weighted by Gasteiger charge is 2.16. The molecular formula is C23H26ClN3O4S. The zero-order valence-corrected chi connectivity index (χ0v) is 19.8. The summed E-state index contributed by atoms with van der Waals surface area (Å²) in [7, 11) is 1.53. The molecule has 0 saturated heterocycles. The van der Waals surface area contributed by atoms with Crippen LogP contribution in [0.15, 0.2) is 52.4 Å². The lowest BCUT2D eigenvalue weighted by molar-refractivity contribution is -0.118. The standard InChI is InChI=1S/C23H26ClN3O4S/c1-15(2)31-12-6-11-25-21(28)14-32-23-26-19-8-5-4-7-17(19)22(29)27(23)16-9-10-20(30-3)18(24)13-16/h4-5,7-10,13,15H,6,11-12,14H2,1-3H3,(H,25,28). The summed E-state index contributed by atoms with van der Waals surface area (Å²) in [6, 6.07) is 12.2. The maximum Gasteiger partial charge on any atom is 0.266 e. The average molecular weight is 476 g/mol. The van der Waals surface area contributed by atoms with Gasteiger partial charge in [-0.25, -0.2) is 4.98 Å². The highest BCUT2D eigenvalue weighted by molar-refractivity contribution is 7.99. The quantitative estimate of drug-likeness (QED) is 0.270. The summed E-state index contributed by atoms with van der Waals surface area (Å²) in [4.78, 5) is 30.2. The van der Waals surface area contributed by atoms with Crippen molar-refractivity contribution in [2.75, 3.05) is 26.0 Å². The zero-order chi connectivity index (χ0) is 23.1. The van der Waals surface area contributed by atoms with Crippen LogP contribution >= 0.6 is 23.4 Å². The fraction of sp³-hybridized carbons (Fsp3) is 0.348. The molecule has 0 bridgehead atoms. The number of carbonyl (C=O) groups is 1. The van der Waals surface area contributed by atoms with Crippen molar-refractivity contribution in [3.05, 3.63) is 57.8 Å². The van der Waals surface area contributed by atoms with Gasteiger partial charge >= 0.3 is 0 Å². The number of para-hydroxylation sites is 1. The van der Waals surface area contributed by atoms with Crippen LogP contribution in [0, 0.1) is 0 Å². The molecule has 0 saturated carbocycles. The van der Waals surface area contributed by atoms with Gasteiger partial charge in [-0.3, -0.25) is 14.2 Å². The van der Waals surface area contributed by atoms with Gasteiger partial charge in [-0.15, -0.1) is 0 Å². The Hall–Kier alpha value is -2.55. The van der Waals surface area contributed by atoms with E-state index in [2.05, 4.69) is 10.3 Å². The number of carbonyl (C=O) groups excluding carboxylic acids is 1. The Labute approximate surface area is 196 Å². The number of benzene rings is 2. The van der Waals surface area contributed by atoms with Crippen LogP contribution < -0.4 is 15.6 Å². The van der Waals surface area contributed by atoms with E-state index in [4.69, 9.17) is 21.1 Å². The lowest BCUT2D eigenvalue weighted by atomic mass is 10.2. The van der Waals surface area contributed by atoms with Gasteiger partial charge in [0.15, 0.2) is 5.16 Å². The van der Waals surface area contributed by atoms with E-state index in [1.165, 1.54) is 23.4 Å². The second-order valence-electron chi connectivity index (χ2n) is 7.28. The zero-order valence-electron chi connectivity index (χ0n) is 18.3. The van der Waals surface area contributed by atoms with E-state index in [0.29, 0.717) is 45.7 Å². The summed E-state index contributed by atoms with van der Waals surface area (Å²) in [5.74, 6) is 0.494. The molecule has 0 aliphatic rings. The molecule has 1 amide bonds. The number of rotatable bonds is 10. The predicted octanol–water partition coefficient (Wildman–Crippen LogP) is 4.07. The summed E-state index contributed by atoms with van der Waals surface area (Å²) < 4.78 is 12.2. The smallest absolute Gasteiger partial charge is 0.266 e. The number of methoxy groups -OCH3 is 1. The monoisotopic (exact) mass is 475 g/mol. The minimum Gasteiger partial charge on any atom is -0.495 e. The molecule has 32 heavy (non-hydrogen) atoms. The van der Waals surface area contributed by atoms with E-state index in [-0.39, 0.29) is 23.3 Å². The number of amides is 1. The molecular weight excluding hydrogens is 450 g/mol. The molecule has 9 heteroatoms. The number of hydrogen-bond donors (Lipinski definition) is 1. The van der Waals surface area contributed by atoms with Crippen molar-refractivity contribution < 1.29 is 14.3 Å². The molecule has 0 atom stereocenters. The molecule has 3 aromatic rings. The second kappa shape index (κ2) is 11.4. The van der Waals surface area contributed by atoms with Gasteiger partial charge in [0.1, 0.15) is 5.75 Å². The van der Waals surface area contributed by atoms with Crippen LogP contribution in [-0.4, -0.2) is 47.6 Å². The van der Waals surface area contributed by atoms with Gasteiger partial charge in [0.2, 0.25) is 5.91 Å². The van der Waals surface area contributed by atoms with E-state index in [1.54, 1.807) is 36.4 Å². The topological polar surface area (TPSA) is 82.4 Å². The van der Waals surface area contributed by atoms with Crippen LogP contribution in [0.4, 0.5) is 0 Å². The fourth-order valence-electron chi connectivity index (χ4n) is 3.03. The van der Waals surface area contributed by atoms with E-state index in [1.807, 2.05) is 19.9 Å². The molecule has 7 nitrogen and oxygen atoms in total. The number of thioether (sulfide) groups is 1. The van der Waals surface area contributed by atoms with Crippen LogP contribution in [0.5, 0.6) is 5.75 Å². The Morgan fingerprint density at radius 1 is 1.25 bits per heavy atom. The van der Waals surface area contributed by atoms with Crippen molar-refractivity contribution in [2.24, 2.45) is 0 Å². The Balaban J connectivity index is 1.83. The summed E-state index contributed by atoms with van der Waals surface area (Å²) in [6.07, 6.45) is 0.904. The molecule has 0 aliphatic carbocycles. The summed E-state index contributed by atoms with van der Waals surface area (Å²) in [5, 5.41) is 4.14. The van der Waals surface area contributed by atoms with Gasteiger partial charge in [0.25, 0.3) is 5.56 Å². The van der Waals surface area contributed by atoms with E-state index < -0.39 is 0 Å². The summed E-state index contributed by atoms with van der Waals surface area (Å²) >= 11 is 7.49. The third-order valence-corrected chi connectivity index (χ3v) is 5.80.